The summed E-state index contributed by atoms with van der Waals surface area (Å²) in [5.74, 6) is -0.242. The van der Waals surface area contributed by atoms with Gasteiger partial charge in [0.1, 0.15) is 6.04 Å². The first-order chi connectivity index (χ1) is 15.7. The minimum absolute atomic E-state index is 0.0271. The Balaban J connectivity index is 1.54. The second-order valence-corrected chi connectivity index (χ2v) is 9.78. The summed E-state index contributed by atoms with van der Waals surface area (Å²) >= 11 is 18.1. The third-order valence-corrected chi connectivity index (χ3v) is 6.89. The second-order valence-electron chi connectivity index (χ2n) is 8.56. The summed E-state index contributed by atoms with van der Waals surface area (Å²) in [6, 6.07) is 10.3. The summed E-state index contributed by atoms with van der Waals surface area (Å²) in [5.41, 5.74) is 8.23. The van der Waals surface area contributed by atoms with Gasteiger partial charge in [0.15, 0.2) is 0 Å². The van der Waals surface area contributed by atoms with Gasteiger partial charge in [-0.05, 0) is 48.2 Å². The second kappa shape index (κ2) is 11.3. The van der Waals surface area contributed by atoms with Crippen molar-refractivity contribution in [2.75, 3.05) is 36.8 Å². The molecule has 6 nitrogen and oxygen atoms in total. The fourth-order valence-electron chi connectivity index (χ4n) is 3.83. The molecule has 0 spiro atoms. The van der Waals surface area contributed by atoms with Crippen LogP contribution in [0.4, 0.5) is 11.4 Å². The van der Waals surface area contributed by atoms with E-state index in [2.05, 4.69) is 10.2 Å². The highest BCUT2D eigenvalue weighted by Gasteiger charge is 2.30. The monoisotopic (exact) mass is 510 g/mol. The van der Waals surface area contributed by atoms with Gasteiger partial charge in [-0.2, -0.15) is 0 Å². The number of piperazine rings is 1. The molecule has 1 heterocycles. The summed E-state index contributed by atoms with van der Waals surface area (Å²) in [4.78, 5) is 29.8. The van der Waals surface area contributed by atoms with Crippen molar-refractivity contribution < 1.29 is 9.59 Å². The molecule has 0 aliphatic carbocycles. The largest absolute Gasteiger partial charge is 0.398 e. The number of anilines is 2. The number of benzene rings is 2. The summed E-state index contributed by atoms with van der Waals surface area (Å²) in [6.45, 7) is 6.38. The Morgan fingerprint density at radius 3 is 2.24 bits per heavy atom. The highest BCUT2D eigenvalue weighted by atomic mass is 35.5. The van der Waals surface area contributed by atoms with Crippen molar-refractivity contribution in [2.24, 2.45) is 5.92 Å². The van der Waals surface area contributed by atoms with E-state index in [9.17, 15) is 9.59 Å². The SMILES string of the molecule is CC(C)[C@@H](NC(=O)CCc1ccc(Cl)c(N)c1)C(=O)N1CCN(c2ccc(Cl)c(Cl)c2)CC1. The molecule has 0 aromatic heterocycles. The number of carbonyl (C=O) groups excluding carboxylic acids is 2. The van der Waals surface area contributed by atoms with Gasteiger partial charge >= 0.3 is 0 Å². The zero-order chi connectivity index (χ0) is 24.1. The number of halogens is 3. The molecule has 0 saturated carbocycles. The Hall–Kier alpha value is -2.15. The number of nitrogens with zero attached hydrogens (tertiary/aromatic N) is 2. The topological polar surface area (TPSA) is 78.7 Å². The average Bonchev–Trinajstić information content (AvgIpc) is 2.79. The maximum atomic E-state index is 13.2. The minimum atomic E-state index is -0.565. The predicted octanol–water partition coefficient (Wildman–Crippen LogP) is 4.65. The van der Waals surface area contributed by atoms with Crippen LogP contribution < -0.4 is 16.0 Å². The zero-order valence-corrected chi connectivity index (χ0v) is 21.1. The standard InChI is InChI=1S/C24H29Cl3N4O2/c1-15(2)23(29-22(32)8-4-16-3-6-19(26)21(28)13-16)24(33)31-11-9-30(10-12-31)17-5-7-18(25)20(27)14-17/h3,5-7,13-15,23H,4,8-12,28H2,1-2H3,(H,29,32)/t23-/m1/s1. The summed E-state index contributed by atoms with van der Waals surface area (Å²) in [5, 5.41) is 4.46. The molecule has 1 fully saturated rings. The van der Waals surface area contributed by atoms with E-state index in [1.54, 1.807) is 18.2 Å². The van der Waals surface area contributed by atoms with Crippen LogP contribution in [0.5, 0.6) is 0 Å². The van der Waals surface area contributed by atoms with Gasteiger partial charge in [-0.1, -0.05) is 54.7 Å². The number of aryl methyl sites for hydroxylation is 1. The Labute approximate surface area is 210 Å². The van der Waals surface area contributed by atoms with Crippen LogP contribution in [0.1, 0.15) is 25.8 Å². The lowest BCUT2D eigenvalue weighted by molar-refractivity contribution is -0.138. The van der Waals surface area contributed by atoms with Gasteiger partial charge in [0, 0.05) is 38.3 Å². The van der Waals surface area contributed by atoms with Gasteiger partial charge in [0.05, 0.1) is 20.8 Å². The predicted molar refractivity (Wildman–Crippen MR) is 136 cm³/mol. The Bertz CT molecular complexity index is 1010. The number of amides is 2. The van der Waals surface area contributed by atoms with Gasteiger partial charge in [-0.3, -0.25) is 9.59 Å². The molecule has 3 N–H and O–H groups in total. The molecule has 33 heavy (non-hydrogen) atoms. The van der Waals surface area contributed by atoms with Crippen molar-refractivity contribution in [3.63, 3.8) is 0 Å². The molecule has 0 unspecified atom stereocenters. The number of hydrogen-bond donors (Lipinski definition) is 2. The smallest absolute Gasteiger partial charge is 0.245 e. The molecule has 1 aliphatic rings. The van der Waals surface area contributed by atoms with E-state index in [1.165, 1.54) is 0 Å². The van der Waals surface area contributed by atoms with E-state index in [0.717, 1.165) is 11.3 Å². The van der Waals surface area contributed by atoms with Gasteiger partial charge < -0.3 is 20.9 Å². The fourth-order valence-corrected chi connectivity index (χ4v) is 4.24. The highest BCUT2D eigenvalue weighted by Crippen LogP contribution is 2.28. The van der Waals surface area contributed by atoms with Crippen LogP contribution in [0, 0.1) is 5.92 Å². The molecular formula is C24H29Cl3N4O2. The van der Waals surface area contributed by atoms with Crippen molar-refractivity contribution in [1.29, 1.82) is 0 Å². The molecule has 1 aliphatic heterocycles. The lowest BCUT2D eigenvalue weighted by atomic mass is 10.0. The van der Waals surface area contributed by atoms with Crippen LogP contribution in [-0.2, 0) is 16.0 Å². The lowest BCUT2D eigenvalue weighted by Crippen LogP contribution is -2.56. The van der Waals surface area contributed by atoms with E-state index in [-0.39, 0.29) is 24.2 Å². The van der Waals surface area contributed by atoms with Gasteiger partial charge in [-0.25, -0.2) is 0 Å². The molecule has 3 rings (SSSR count). The number of carbonyl (C=O) groups is 2. The van der Waals surface area contributed by atoms with E-state index in [4.69, 9.17) is 40.5 Å². The normalized spacial score (nSPS) is 15.0. The number of nitrogens with two attached hydrogens (primary N) is 1. The van der Waals surface area contributed by atoms with Crippen LogP contribution in [0.15, 0.2) is 36.4 Å². The quantitative estimate of drug-likeness (QED) is 0.530. The molecule has 1 atom stereocenters. The molecule has 0 bridgehead atoms. The maximum absolute atomic E-state index is 13.2. The number of hydrogen-bond acceptors (Lipinski definition) is 4. The molecular weight excluding hydrogens is 483 g/mol. The van der Waals surface area contributed by atoms with Gasteiger partial charge in [0.2, 0.25) is 11.8 Å². The molecule has 0 radical (unpaired) electrons. The van der Waals surface area contributed by atoms with Crippen LogP contribution in [0.2, 0.25) is 15.1 Å². The van der Waals surface area contributed by atoms with Crippen LogP contribution in [-0.4, -0.2) is 48.9 Å². The van der Waals surface area contributed by atoms with E-state index >= 15 is 0 Å². The van der Waals surface area contributed by atoms with Crippen LogP contribution in [0.25, 0.3) is 0 Å². The number of nitrogen functional groups attached to an aromatic ring is 1. The molecule has 2 aromatic carbocycles. The third-order valence-electron chi connectivity index (χ3n) is 5.81. The lowest BCUT2D eigenvalue weighted by Gasteiger charge is -2.38. The third kappa shape index (κ3) is 6.69. The first-order valence-corrected chi connectivity index (χ1v) is 12.1. The summed E-state index contributed by atoms with van der Waals surface area (Å²) in [6.07, 6.45) is 0.789. The number of rotatable bonds is 7. The zero-order valence-electron chi connectivity index (χ0n) is 18.8. The maximum Gasteiger partial charge on any atom is 0.245 e. The van der Waals surface area contributed by atoms with Crippen molar-refractivity contribution in [3.05, 3.63) is 57.0 Å². The first-order valence-electron chi connectivity index (χ1n) is 11.0. The summed E-state index contributed by atoms with van der Waals surface area (Å²) < 4.78 is 0. The Morgan fingerprint density at radius 2 is 1.64 bits per heavy atom. The molecule has 178 valence electrons. The van der Waals surface area contributed by atoms with E-state index in [0.29, 0.717) is 53.4 Å². The van der Waals surface area contributed by atoms with E-state index < -0.39 is 6.04 Å². The molecule has 2 amide bonds. The first kappa shape index (κ1) is 25.5. The fraction of sp³-hybridized carbons (Fsp3) is 0.417. The van der Waals surface area contributed by atoms with Gasteiger partial charge in [0.25, 0.3) is 0 Å². The van der Waals surface area contributed by atoms with Crippen molar-refractivity contribution >= 4 is 58.0 Å². The van der Waals surface area contributed by atoms with E-state index in [1.807, 2.05) is 36.9 Å². The Kier molecular flexibility index (Phi) is 8.74. The molecule has 1 saturated heterocycles. The summed E-state index contributed by atoms with van der Waals surface area (Å²) in [7, 11) is 0. The Morgan fingerprint density at radius 1 is 0.970 bits per heavy atom. The van der Waals surface area contributed by atoms with Crippen molar-refractivity contribution in [1.82, 2.24) is 10.2 Å². The molecule has 9 heteroatoms. The van der Waals surface area contributed by atoms with Crippen LogP contribution >= 0.6 is 34.8 Å². The molecule has 2 aromatic rings. The number of nitrogens with one attached hydrogen (secondary N) is 1. The van der Waals surface area contributed by atoms with Crippen molar-refractivity contribution in [3.8, 4) is 0 Å². The van der Waals surface area contributed by atoms with Gasteiger partial charge in [-0.15, -0.1) is 0 Å². The van der Waals surface area contributed by atoms with Crippen LogP contribution in [0.3, 0.4) is 0 Å². The minimum Gasteiger partial charge on any atom is -0.398 e. The highest BCUT2D eigenvalue weighted by molar-refractivity contribution is 6.42. The average molecular weight is 512 g/mol. The van der Waals surface area contributed by atoms with Crippen molar-refractivity contribution in [2.45, 2.75) is 32.7 Å².